The first-order chi connectivity index (χ1) is 17.9. The van der Waals surface area contributed by atoms with Crippen LogP contribution in [-0.4, -0.2) is 58.6 Å². The van der Waals surface area contributed by atoms with Crippen LogP contribution in [0.15, 0.2) is 35.0 Å². The van der Waals surface area contributed by atoms with E-state index < -0.39 is 0 Å². The maximum Gasteiger partial charge on any atom is 0.226 e. The van der Waals surface area contributed by atoms with Crippen molar-refractivity contribution >= 4 is 33.8 Å². The Balaban J connectivity index is 1.49. The largest absolute Gasteiger partial charge is 0.350 e. The number of hydrogen-bond acceptors (Lipinski definition) is 6. The molecule has 37 heavy (non-hydrogen) atoms. The van der Waals surface area contributed by atoms with Gasteiger partial charge in [-0.3, -0.25) is 14.5 Å². The third kappa shape index (κ3) is 5.48. The number of allylic oxidation sites excluding steroid dienone is 5. The maximum absolute atomic E-state index is 12.6. The van der Waals surface area contributed by atoms with Gasteiger partial charge in [-0.15, -0.1) is 0 Å². The summed E-state index contributed by atoms with van der Waals surface area (Å²) in [6, 6.07) is 0.180. The number of hydrogen-bond donors (Lipinski definition) is 2. The predicted octanol–water partition coefficient (Wildman–Crippen LogP) is 4.98. The van der Waals surface area contributed by atoms with Gasteiger partial charge in [-0.2, -0.15) is 5.10 Å². The number of carbonyl (C=O) groups is 1. The molecule has 0 bridgehead atoms. The van der Waals surface area contributed by atoms with Crippen molar-refractivity contribution < 1.29 is 4.79 Å². The molecule has 2 aromatic rings. The minimum Gasteiger partial charge on any atom is -0.350 e. The van der Waals surface area contributed by atoms with E-state index in [1.807, 2.05) is 14.1 Å². The topological polar surface area (TPSA) is 87.4 Å². The molecule has 0 saturated carbocycles. The SMILES string of the molecule is CCN=C1CCC(c2nn(C3CC=CC=C3C)c3c2CCc2nc(NC(=O)CCCN(C)C)sc2-3)=CN1. The zero-order valence-corrected chi connectivity index (χ0v) is 23.1. The number of carbonyl (C=O) groups excluding carboxylic acids is 1. The van der Waals surface area contributed by atoms with E-state index in [4.69, 9.17) is 10.1 Å². The predicted molar refractivity (Wildman–Crippen MR) is 152 cm³/mol. The van der Waals surface area contributed by atoms with Crippen molar-refractivity contribution in [1.29, 1.82) is 0 Å². The summed E-state index contributed by atoms with van der Waals surface area (Å²) in [4.78, 5) is 25.2. The number of amides is 1. The average molecular weight is 520 g/mol. The normalized spacial score (nSPS) is 19.8. The Morgan fingerprint density at radius 1 is 1.30 bits per heavy atom. The summed E-state index contributed by atoms with van der Waals surface area (Å²) in [5.74, 6) is 1.08. The Labute approximate surface area is 223 Å². The molecule has 196 valence electrons. The molecule has 2 N–H and O–H groups in total. The fraction of sp³-hybridized carbons (Fsp3) is 0.500. The fourth-order valence-electron chi connectivity index (χ4n) is 5.26. The van der Waals surface area contributed by atoms with Gasteiger partial charge in [0.15, 0.2) is 5.13 Å². The van der Waals surface area contributed by atoms with Crippen LogP contribution >= 0.6 is 11.3 Å². The highest BCUT2D eigenvalue weighted by atomic mass is 32.1. The minimum atomic E-state index is 0.0292. The number of aliphatic imine (C=N–C) groups is 1. The number of fused-ring (bicyclic) bond motifs is 3. The van der Waals surface area contributed by atoms with Crippen LogP contribution in [0.5, 0.6) is 0 Å². The first-order valence-electron chi connectivity index (χ1n) is 13.3. The molecular formula is C28H37N7OS. The third-order valence-corrected chi connectivity index (χ3v) is 8.18. The molecule has 9 heteroatoms. The van der Waals surface area contributed by atoms with Crippen LogP contribution in [0.2, 0.25) is 0 Å². The van der Waals surface area contributed by atoms with E-state index in [1.165, 1.54) is 22.4 Å². The summed E-state index contributed by atoms with van der Waals surface area (Å²) in [5, 5.41) is 12.4. The quantitative estimate of drug-likeness (QED) is 0.514. The van der Waals surface area contributed by atoms with Crippen LogP contribution in [0, 0.1) is 0 Å². The first-order valence-corrected chi connectivity index (χ1v) is 14.1. The lowest BCUT2D eigenvalue weighted by Gasteiger charge is -2.23. The lowest BCUT2D eigenvalue weighted by atomic mass is 9.92. The monoisotopic (exact) mass is 519 g/mol. The van der Waals surface area contributed by atoms with E-state index in [0.29, 0.717) is 11.6 Å². The zero-order valence-electron chi connectivity index (χ0n) is 22.3. The third-order valence-electron chi connectivity index (χ3n) is 7.16. The van der Waals surface area contributed by atoms with Gasteiger partial charge in [0.1, 0.15) is 5.84 Å². The number of nitrogens with zero attached hydrogens (tertiary/aromatic N) is 5. The smallest absolute Gasteiger partial charge is 0.226 e. The van der Waals surface area contributed by atoms with Crippen LogP contribution in [0.25, 0.3) is 16.1 Å². The van der Waals surface area contributed by atoms with E-state index in [2.05, 4.69) is 63.5 Å². The number of aromatic nitrogens is 3. The van der Waals surface area contributed by atoms with E-state index >= 15 is 0 Å². The first kappa shape index (κ1) is 25.6. The van der Waals surface area contributed by atoms with Gasteiger partial charge in [-0.25, -0.2) is 4.98 Å². The van der Waals surface area contributed by atoms with Gasteiger partial charge in [0, 0.05) is 31.1 Å². The lowest BCUT2D eigenvalue weighted by molar-refractivity contribution is -0.116. The van der Waals surface area contributed by atoms with E-state index in [9.17, 15) is 4.79 Å². The number of rotatable bonds is 8. The molecule has 0 aromatic carbocycles. The number of nitrogens with one attached hydrogen (secondary N) is 2. The standard InChI is InChI=1S/C28H37N7OS/c1-5-29-23-15-12-19(17-30-23)25-20-13-14-21-27(26(20)35(33-25)22-10-7-6-9-18(22)2)37-28(31-21)32-24(36)11-8-16-34(3)4/h6-7,9,17,22H,5,8,10-16H2,1-4H3,(H,29,30)(H,31,32,36). The second-order valence-electron chi connectivity index (χ2n) is 10.2. The molecule has 2 aliphatic carbocycles. The Morgan fingerprint density at radius 2 is 2.16 bits per heavy atom. The van der Waals surface area contributed by atoms with Gasteiger partial charge in [0.05, 0.1) is 28.0 Å². The van der Waals surface area contributed by atoms with Gasteiger partial charge in [-0.1, -0.05) is 29.6 Å². The molecule has 1 aliphatic heterocycles. The highest BCUT2D eigenvalue weighted by Gasteiger charge is 2.33. The molecule has 0 radical (unpaired) electrons. The zero-order chi connectivity index (χ0) is 25.9. The van der Waals surface area contributed by atoms with Crippen molar-refractivity contribution in [3.05, 3.63) is 47.0 Å². The molecule has 8 nitrogen and oxygen atoms in total. The van der Waals surface area contributed by atoms with Gasteiger partial charge < -0.3 is 15.5 Å². The Kier molecular flexibility index (Phi) is 7.71. The molecule has 1 amide bonds. The van der Waals surface area contributed by atoms with Gasteiger partial charge in [-0.05, 0) is 77.7 Å². The Hall–Kier alpha value is -3.04. The second-order valence-corrected chi connectivity index (χ2v) is 11.2. The van der Waals surface area contributed by atoms with Crippen molar-refractivity contribution in [1.82, 2.24) is 25.0 Å². The molecule has 1 unspecified atom stereocenters. The summed E-state index contributed by atoms with van der Waals surface area (Å²) in [5.41, 5.74) is 7.16. The summed E-state index contributed by atoms with van der Waals surface area (Å²) >= 11 is 1.59. The molecule has 0 saturated heterocycles. The van der Waals surface area contributed by atoms with Gasteiger partial charge in [0.25, 0.3) is 0 Å². The van der Waals surface area contributed by atoms with Crippen molar-refractivity contribution in [3.63, 3.8) is 0 Å². The summed E-state index contributed by atoms with van der Waals surface area (Å²) < 4.78 is 2.23. The van der Waals surface area contributed by atoms with Crippen LogP contribution in [0.4, 0.5) is 5.13 Å². The summed E-state index contributed by atoms with van der Waals surface area (Å²) in [7, 11) is 4.05. The summed E-state index contributed by atoms with van der Waals surface area (Å²) in [6.07, 6.45) is 14.5. The highest BCUT2D eigenvalue weighted by molar-refractivity contribution is 7.19. The van der Waals surface area contributed by atoms with E-state index in [1.54, 1.807) is 11.3 Å². The van der Waals surface area contributed by atoms with Crippen molar-refractivity contribution in [3.8, 4) is 10.6 Å². The van der Waals surface area contributed by atoms with E-state index in [-0.39, 0.29) is 11.9 Å². The van der Waals surface area contributed by atoms with Crippen LogP contribution < -0.4 is 10.6 Å². The van der Waals surface area contributed by atoms with Crippen LogP contribution in [0.3, 0.4) is 0 Å². The number of anilines is 1. The Bertz CT molecular complexity index is 1290. The van der Waals surface area contributed by atoms with Crippen LogP contribution in [-0.2, 0) is 17.6 Å². The molecule has 1 atom stereocenters. The number of amidine groups is 1. The van der Waals surface area contributed by atoms with Crippen molar-refractivity contribution in [2.45, 2.75) is 64.8 Å². The lowest BCUT2D eigenvalue weighted by Crippen LogP contribution is -2.22. The molecule has 3 heterocycles. The number of thiazole rings is 1. The maximum atomic E-state index is 12.6. The molecule has 0 fully saturated rings. The highest BCUT2D eigenvalue weighted by Crippen LogP contribution is 2.45. The minimum absolute atomic E-state index is 0.0292. The fourth-order valence-corrected chi connectivity index (χ4v) is 6.35. The molecule has 0 spiro atoms. The second kappa shape index (κ2) is 11.1. The Morgan fingerprint density at radius 3 is 2.89 bits per heavy atom. The average Bonchev–Trinajstić information content (AvgIpc) is 3.46. The molecule has 3 aliphatic rings. The number of aryl methyl sites for hydroxylation is 1. The molecular weight excluding hydrogens is 482 g/mol. The van der Waals surface area contributed by atoms with E-state index in [0.717, 1.165) is 73.7 Å². The van der Waals surface area contributed by atoms with Crippen LogP contribution in [0.1, 0.15) is 68.9 Å². The summed E-state index contributed by atoms with van der Waals surface area (Å²) in [6.45, 7) is 5.94. The van der Waals surface area contributed by atoms with Crippen molar-refractivity contribution in [2.75, 3.05) is 32.5 Å². The molecule has 5 rings (SSSR count). The van der Waals surface area contributed by atoms with Gasteiger partial charge in [0.2, 0.25) is 5.91 Å². The van der Waals surface area contributed by atoms with Crippen molar-refractivity contribution in [2.24, 2.45) is 4.99 Å². The van der Waals surface area contributed by atoms with Gasteiger partial charge >= 0.3 is 0 Å². The molecule has 2 aromatic heterocycles.